The van der Waals surface area contributed by atoms with Crippen molar-refractivity contribution in [3.8, 4) is 28.1 Å². The van der Waals surface area contributed by atoms with Gasteiger partial charge in [-0.1, -0.05) is 6.07 Å². The summed E-state index contributed by atoms with van der Waals surface area (Å²) in [5, 5.41) is 0. The van der Waals surface area contributed by atoms with Crippen molar-refractivity contribution in [2.75, 3.05) is 18.6 Å². The fourth-order valence-corrected chi connectivity index (χ4v) is 2.25. The van der Waals surface area contributed by atoms with Crippen molar-refractivity contribution in [1.29, 1.82) is 0 Å². The topological polar surface area (TPSA) is 99.9 Å². The zero-order valence-corrected chi connectivity index (χ0v) is 12.0. The number of rotatable bonds is 3. The molecule has 0 fully saturated rings. The van der Waals surface area contributed by atoms with Crippen LogP contribution in [0.5, 0.6) is 5.75 Å². The number of ether oxygens (including phenoxy) is 1. The van der Waals surface area contributed by atoms with Crippen LogP contribution >= 0.6 is 0 Å². The Balaban J connectivity index is 2.21. The van der Waals surface area contributed by atoms with Crippen LogP contribution in [-0.4, -0.2) is 22.1 Å². The number of anilines is 2. The number of benzene rings is 1. The summed E-state index contributed by atoms with van der Waals surface area (Å²) >= 11 is 0. The molecule has 4 N–H and O–H groups in total. The summed E-state index contributed by atoms with van der Waals surface area (Å²) in [4.78, 5) is 12.5. The van der Waals surface area contributed by atoms with Crippen LogP contribution in [0.15, 0.2) is 48.8 Å². The quantitative estimate of drug-likeness (QED) is 0.769. The van der Waals surface area contributed by atoms with E-state index in [0.29, 0.717) is 17.1 Å². The maximum Gasteiger partial charge on any atom is 0.222 e. The van der Waals surface area contributed by atoms with Crippen LogP contribution in [0.4, 0.5) is 11.8 Å². The fourth-order valence-electron chi connectivity index (χ4n) is 2.25. The van der Waals surface area contributed by atoms with Crippen LogP contribution < -0.4 is 16.2 Å². The Hall–Kier alpha value is -3.15. The van der Waals surface area contributed by atoms with Gasteiger partial charge in [0.25, 0.3) is 0 Å². The van der Waals surface area contributed by atoms with E-state index in [4.69, 9.17) is 16.2 Å². The van der Waals surface area contributed by atoms with Gasteiger partial charge in [-0.05, 0) is 30.3 Å². The normalized spacial score (nSPS) is 10.4. The summed E-state index contributed by atoms with van der Waals surface area (Å²) in [5.74, 6) is 1.23. The average Bonchev–Trinajstić information content (AvgIpc) is 2.55. The molecule has 0 aliphatic rings. The number of nitrogens with zero attached hydrogens (tertiary/aromatic N) is 3. The van der Waals surface area contributed by atoms with Crippen LogP contribution in [-0.2, 0) is 0 Å². The number of methoxy groups -OCH3 is 1. The van der Waals surface area contributed by atoms with Crippen molar-refractivity contribution in [1.82, 2.24) is 15.0 Å². The van der Waals surface area contributed by atoms with Gasteiger partial charge < -0.3 is 16.2 Å². The molecular weight excluding hydrogens is 278 g/mol. The van der Waals surface area contributed by atoms with Crippen molar-refractivity contribution >= 4 is 11.8 Å². The zero-order valence-electron chi connectivity index (χ0n) is 12.0. The molecule has 110 valence electrons. The Morgan fingerprint density at radius 3 is 2.36 bits per heavy atom. The number of hydrogen-bond donors (Lipinski definition) is 2. The van der Waals surface area contributed by atoms with Crippen LogP contribution in [0.25, 0.3) is 22.4 Å². The van der Waals surface area contributed by atoms with Crippen molar-refractivity contribution in [2.45, 2.75) is 0 Å². The predicted molar refractivity (Wildman–Crippen MR) is 86.1 cm³/mol. The van der Waals surface area contributed by atoms with E-state index < -0.39 is 0 Å². The van der Waals surface area contributed by atoms with E-state index in [9.17, 15) is 0 Å². The Bertz CT molecular complexity index is 788. The summed E-state index contributed by atoms with van der Waals surface area (Å²) < 4.78 is 5.18. The third-order valence-electron chi connectivity index (χ3n) is 3.27. The molecule has 0 unspecified atom stereocenters. The Labute approximate surface area is 127 Å². The molecule has 6 heteroatoms. The molecule has 0 saturated heterocycles. The highest BCUT2D eigenvalue weighted by Crippen LogP contribution is 2.34. The van der Waals surface area contributed by atoms with E-state index in [1.165, 1.54) is 0 Å². The number of nitrogens with two attached hydrogens (primary N) is 2. The zero-order chi connectivity index (χ0) is 15.5. The molecule has 2 aromatic heterocycles. The van der Waals surface area contributed by atoms with E-state index in [1.54, 1.807) is 19.5 Å². The van der Waals surface area contributed by atoms with Gasteiger partial charge in [-0.3, -0.25) is 4.98 Å². The minimum atomic E-state index is 0.135. The molecule has 0 saturated carbocycles. The van der Waals surface area contributed by atoms with Gasteiger partial charge in [0.1, 0.15) is 11.6 Å². The number of hydrogen-bond acceptors (Lipinski definition) is 6. The van der Waals surface area contributed by atoms with E-state index in [-0.39, 0.29) is 5.95 Å². The first-order valence-electron chi connectivity index (χ1n) is 6.67. The lowest BCUT2D eigenvalue weighted by atomic mass is 10.0. The standard InChI is InChI=1S/C16H15N5O/c1-22-12-6-4-10(5-7-12)14-13(11-3-2-8-19-9-11)15(17)21-16(18)20-14/h2-9H,1H3,(H4,17,18,20,21). The summed E-state index contributed by atoms with van der Waals surface area (Å²) in [6, 6.07) is 11.3. The van der Waals surface area contributed by atoms with Gasteiger partial charge in [0.05, 0.1) is 18.4 Å². The number of nitrogen functional groups attached to an aromatic ring is 2. The molecule has 3 aromatic rings. The maximum absolute atomic E-state index is 6.06. The highest BCUT2D eigenvalue weighted by atomic mass is 16.5. The van der Waals surface area contributed by atoms with Gasteiger partial charge >= 0.3 is 0 Å². The molecule has 2 heterocycles. The summed E-state index contributed by atoms with van der Waals surface area (Å²) in [5.41, 5.74) is 14.9. The second kappa shape index (κ2) is 5.69. The van der Waals surface area contributed by atoms with Gasteiger partial charge in [-0.2, -0.15) is 4.98 Å². The van der Waals surface area contributed by atoms with Crippen LogP contribution in [0.1, 0.15) is 0 Å². The molecule has 0 aliphatic carbocycles. The second-order valence-electron chi connectivity index (χ2n) is 4.66. The molecule has 0 amide bonds. The van der Waals surface area contributed by atoms with Crippen molar-refractivity contribution < 1.29 is 4.74 Å². The Morgan fingerprint density at radius 1 is 0.955 bits per heavy atom. The summed E-state index contributed by atoms with van der Waals surface area (Å²) in [6.45, 7) is 0. The third kappa shape index (κ3) is 2.54. The third-order valence-corrected chi connectivity index (χ3v) is 3.27. The van der Waals surface area contributed by atoms with Crippen LogP contribution in [0, 0.1) is 0 Å². The SMILES string of the molecule is COc1ccc(-c2nc(N)nc(N)c2-c2cccnc2)cc1. The molecular formula is C16H15N5O. The number of aromatic nitrogens is 3. The first-order valence-corrected chi connectivity index (χ1v) is 6.67. The summed E-state index contributed by atoms with van der Waals surface area (Å²) in [6.07, 6.45) is 3.42. The van der Waals surface area contributed by atoms with Gasteiger partial charge in [0, 0.05) is 23.5 Å². The van der Waals surface area contributed by atoms with Gasteiger partial charge in [0.2, 0.25) is 5.95 Å². The van der Waals surface area contributed by atoms with Crippen molar-refractivity contribution in [3.05, 3.63) is 48.8 Å². The first kappa shape index (κ1) is 13.8. The smallest absolute Gasteiger partial charge is 0.222 e. The number of pyridine rings is 1. The Morgan fingerprint density at radius 2 is 1.73 bits per heavy atom. The van der Waals surface area contributed by atoms with Crippen LogP contribution in [0.2, 0.25) is 0 Å². The maximum atomic E-state index is 6.06. The van der Waals surface area contributed by atoms with Crippen molar-refractivity contribution in [2.24, 2.45) is 0 Å². The molecule has 0 radical (unpaired) electrons. The van der Waals surface area contributed by atoms with Gasteiger partial charge in [-0.15, -0.1) is 0 Å². The lowest BCUT2D eigenvalue weighted by Crippen LogP contribution is -2.04. The molecule has 3 rings (SSSR count). The molecule has 22 heavy (non-hydrogen) atoms. The lowest BCUT2D eigenvalue weighted by molar-refractivity contribution is 0.415. The lowest BCUT2D eigenvalue weighted by Gasteiger charge is -2.12. The summed E-state index contributed by atoms with van der Waals surface area (Å²) in [7, 11) is 1.62. The molecule has 6 nitrogen and oxygen atoms in total. The Kier molecular flexibility index (Phi) is 3.57. The fraction of sp³-hybridized carbons (Fsp3) is 0.0625. The minimum absolute atomic E-state index is 0.135. The van der Waals surface area contributed by atoms with E-state index >= 15 is 0 Å². The molecule has 1 aromatic carbocycles. The average molecular weight is 293 g/mol. The van der Waals surface area contributed by atoms with E-state index in [1.807, 2.05) is 36.4 Å². The second-order valence-corrected chi connectivity index (χ2v) is 4.66. The molecule has 0 bridgehead atoms. The highest BCUT2D eigenvalue weighted by Gasteiger charge is 2.15. The first-order chi connectivity index (χ1) is 10.7. The largest absolute Gasteiger partial charge is 0.497 e. The van der Waals surface area contributed by atoms with E-state index in [0.717, 1.165) is 16.9 Å². The van der Waals surface area contributed by atoms with Gasteiger partial charge in [-0.25, -0.2) is 4.98 Å². The van der Waals surface area contributed by atoms with Crippen molar-refractivity contribution in [3.63, 3.8) is 0 Å². The molecule has 0 aliphatic heterocycles. The predicted octanol–water partition coefficient (Wildman–Crippen LogP) is 2.38. The highest BCUT2D eigenvalue weighted by molar-refractivity contribution is 5.87. The molecule has 0 atom stereocenters. The minimum Gasteiger partial charge on any atom is -0.497 e. The molecule has 0 spiro atoms. The van der Waals surface area contributed by atoms with Crippen LogP contribution in [0.3, 0.4) is 0 Å². The monoisotopic (exact) mass is 293 g/mol. The van der Waals surface area contributed by atoms with E-state index in [2.05, 4.69) is 15.0 Å². The van der Waals surface area contributed by atoms with Gasteiger partial charge in [0.15, 0.2) is 0 Å².